The van der Waals surface area contributed by atoms with Crippen molar-refractivity contribution in [2.24, 2.45) is 0 Å². The van der Waals surface area contributed by atoms with Crippen molar-refractivity contribution in [1.82, 2.24) is 0 Å². The lowest BCUT2D eigenvalue weighted by Crippen LogP contribution is -2.35. The molecule has 2 aromatic rings. The molecular formula is C18H18N2O2. The highest BCUT2D eigenvalue weighted by atomic mass is 16.2. The van der Waals surface area contributed by atoms with Crippen LogP contribution in [0.3, 0.4) is 0 Å². The molecule has 1 aliphatic heterocycles. The normalized spacial score (nSPS) is 17.9. The molecule has 1 heterocycles. The number of nitrogens with zero attached hydrogens (tertiary/aromatic N) is 1. The Hall–Kier alpha value is -2.62. The minimum Gasteiger partial charge on any atom is -0.373 e. The zero-order chi connectivity index (χ0) is 15.7. The second kappa shape index (κ2) is 5.64. The third-order valence-corrected chi connectivity index (χ3v) is 3.85. The molecule has 4 heteroatoms. The smallest absolute Gasteiger partial charge is 0.256 e. The number of carbonyl (C=O) groups excluding carboxylic acids is 2. The first-order valence-electron chi connectivity index (χ1n) is 7.32. The summed E-state index contributed by atoms with van der Waals surface area (Å²) in [4.78, 5) is 26.2. The Morgan fingerprint density at radius 2 is 1.77 bits per heavy atom. The van der Waals surface area contributed by atoms with Gasteiger partial charge in [0.15, 0.2) is 0 Å². The molecule has 22 heavy (non-hydrogen) atoms. The van der Waals surface area contributed by atoms with Gasteiger partial charge in [-0.3, -0.25) is 9.59 Å². The molecule has 1 aliphatic rings. The number of nitrogens with one attached hydrogen (secondary N) is 1. The van der Waals surface area contributed by atoms with Crippen LogP contribution in [0, 0.1) is 13.8 Å². The molecule has 0 bridgehead atoms. The molecule has 112 valence electrons. The predicted octanol–water partition coefficient (Wildman–Crippen LogP) is 3.05. The van der Waals surface area contributed by atoms with E-state index in [1.54, 1.807) is 0 Å². The van der Waals surface area contributed by atoms with E-state index in [0.29, 0.717) is 5.69 Å². The molecule has 1 fully saturated rings. The van der Waals surface area contributed by atoms with Crippen LogP contribution in [-0.2, 0) is 9.59 Å². The highest BCUT2D eigenvalue weighted by Crippen LogP contribution is 2.28. The SMILES string of the molecule is Cc1ccc(N2C(=O)C[C@@H](Nc3ccccc3)C2=O)c(C)c1. The first-order valence-corrected chi connectivity index (χ1v) is 7.32. The fraction of sp³-hybridized carbons (Fsp3) is 0.222. The standard InChI is InChI=1S/C18H18N2O2/c1-12-8-9-16(13(2)10-12)20-17(21)11-15(18(20)22)19-14-6-4-3-5-7-14/h3-10,15,19H,11H2,1-2H3/t15-/m1/s1. The van der Waals surface area contributed by atoms with E-state index in [-0.39, 0.29) is 18.2 Å². The van der Waals surface area contributed by atoms with Crippen molar-refractivity contribution in [3.05, 3.63) is 59.7 Å². The molecule has 2 amide bonds. The fourth-order valence-electron chi connectivity index (χ4n) is 2.79. The first kappa shape index (κ1) is 14.3. The van der Waals surface area contributed by atoms with Crippen molar-refractivity contribution in [1.29, 1.82) is 0 Å². The van der Waals surface area contributed by atoms with Gasteiger partial charge in [0.1, 0.15) is 6.04 Å². The maximum atomic E-state index is 12.6. The highest BCUT2D eigenvalue weighted by Gasteiger charge is 2.40. The van der Waals surface area contributed by atoms with E-state index < -0.39 is 6.04 Å². The van der Waals surface area contributed by atoms with Crippen LogP contribution >= 0.6 is 0 Å². The summed E-state index contributed by atoms with van der Waals surface area (Å²) < 4.78 is 0. The molecule has 1 N–H and O–H groups in total. The van der Waals surface area contributed by atoms with Crippen molar-refractivity contribution < 1.29 is 9.59 Å². The number of rotatable bonds is 3. The van der Waals surface area contributed by atoms with Gasteiger partial charge in [-0.05, 0) is 37.6 Å². The summed E-state index contributed by atoms with van der Waals surface area (Å²) in [5.41, 5.74) is 3.57. The molecule has 0 aromatic heterocycles. The molecule has 0 radical (unpaired) electrons. The molecule has 1 atom stereocenters. The van der Waals surface area contributed by atoms with E-state index in [0.717, 1.165) is 16.8 Å². The monoisotopic (exact) mass is 294 g/mol. The lowest BCUT2D eigenvalue weighted by atomic mass is 10.1. The molecule has 0 saturated carbocycles. The van der Waals surface area contributed by atoms with E-state index in [9.17, 15) is 9.59 Å². The number of benzene rings is 2. The Labute approximate surface area is 129 Å². The maximum absolute atomic E-state index is 12.6. The average molecular weight is 294 g/mol. The fourth-order valence-corrected chi connectivity index (χ4v) is 2.79. The van der Waals surface area contributed by atoms with Gasteiger partial charge in [0.25, 0.3) is 5.91 Å². The van der Waals surface area contributed by atoms with Crippen molar-refractivity contribution >= 4 is 23.2 Å². The summed E-state index contributed by atoms with van der Waals surface area (Å²) in [6, 6.07) is 14.7. The molecule has 4 nitrogen and oxygen atoms in total. The first-order chi connectivity index (χ1) is 10.6. The largest absolute Gasteiger partial charge is 0.373 e. The van der Waals surface area contributed by atoms with Crippen LogP contribution in [0.4, 0.5) is 11.4 Å². The van der Waals surface area contributed by atoms with Crippen LogP contribution < -0.4 is 10.2 Å². The van der Waals surface area contributed by atoms with Gasteiger partial charge in [0, 0.05) is 5.69 Å². The molecule has 3 rings (SSSR count). The van der Waals surface area contributed by atoms with Crippen molar-refractivity contribution in [2.75, 3.05) is 10.2 Å². The van der Waals surface area contributed by atoms with Gasteiger partial charge >= 0.3 is 0 Å². The van der Waals surface area contributed by atoms with Crippen LogP contribution in [0.15, 0.2) is 48.5 Å². The minimum atomic E-state index is -0.504. The Morgan fingerprint density at radius 1 is 1.05 bits per heavy atom. The van der Waals surface area contributed by atoms with Crippen LogP contribution in [0.5, 0.6) is 0 Å². The second-order valence-electron chi connectivity index (χ2n) is 5.62. The van der Waals surface area contributed by atoms with Crippen molar-refractivity contribution in [3.63, 3.8) is 0 Å². The molecular weight excluding hydrogens is 276 g/mol. The van der Waals surface area contributed by atoms with E-state index in [1.165, 1.54) is 4.90 Å². The average Bonchev–Trinajstić information content (AvgIpc) is 2.75. The number of carbonyl (C=O) groups is 2. The predicted molar refractivity (Wildman–Crippen MR) is 86.9 cm³/mol. The molecule has 0 spiro atoms. The quantitative estimate of drug-likeness (QED) is 0.885. The third-order valence-electron chi connectivity index (χ3n) is 3.85. The number of aryl methyl sites for hydroxylation is 2. The minimum absolute atomic E-state index is 0.162. The van der Waals surface area contributed by atoms with Gasteiger partial charge in [-0.2, -0.15) is 0 Å². The van der Waals surface area contributed by atoms with Crippen molar-refractivity contribution in [3.8, 4) is 0 Å². The number of amides is 2. The Morgan fingerprint density at radius 3 is 2.45 bits per heavy atom. The number of hydrogen-bond donors (Lipinski definition) is 1. The van der Waals surface area contributed by atoms with Gasteiger partial charge in [-0.15, -0.1) is 0 Å². The summed E-state index contributed by atoms with van der Waals surface area (Å²) in [6.45, 7) is 3.91. The van der Waals surface area contributed by atoms with Gasteiger partial charge < -0.3 is 5.32 Å². The lowest BCUT2D eigenvalue weighted by molar-refractivity contribution is -0.121. The van der Waals surface area contributed by atoms with Gasteiger partial charge in [-0.1, -0.05) is 35.9 Å². The zero-order valence-corrected chi connectivity index (χ0v) is 12.7. The lowest BCUT2D eigenvalue weighted by Gasteiger charge is -2.18. The van der Waals surface area contributed by atoms with Crippen LogP contribution in [0.25, 0.3) is 0 Å². The van der Waals surface area contributed by atoms with Crippen LogP contribution in [0.2, 0.25) is 0 Å². The third kappa shape index (κ3) is 2.60. The highest BCUT2D eigenvalue weighted by molar-refractivity contribution is 6.23. The second-order valence-corrected chi connectivity index (χ2v) is 5.62. The number of hydrogen-bond acceptors (Lipinski definition) is 3. The van der Waals surface area contributed by atoms with Crippen LogP contribution in [-0.4, -0.2) is 17.9 Å². The van der Waals surface area contributed by atoms with E-state index >= 15 is 0 Å². The van der Waals surface area contributed by atoms with E-state index in [2.05, 4.69) is 5.32 Å². The Kier molecular flexibility index (Phi) is 3.67. The summed E-state index contributed by atoms with van der Waals surface area (Å²) in [6.07, 6.45) is 0.182. The van der Waals surface area contributed by atoms with Crippen molar-refractivity contribution in [2.45, 2.75) is 26.3 Å². The summed E-state index contributed by atoms with van der Waals surface area (Å²) >= 11 is 0. The van der Waals surface area contributed by atoms with Gasteiger partial charge in [-0.25, -0.2) is 4.90 Å². The van der Waals surface area contributed by atoms with Gasteiger partial charge in [0.2, 0.25) is 5.91 Å². The number of imide groups is 1. The molecule has 0 aliphatic carbocycles. The van der Waals surface area contributed by atoms with E-state index in [1.807, 2.05) is 62.4 Å². The molecule has 0 unspecified atom stereocenters. The van der Waals surface area contributed by atoms with E-state index in [4.69, 9.17) is 0 Å². The Bertz CT molecular complexity index is 725. The Balaban J connectivity index is 1.85. The summed E-state index contributed by atoms with van der Waals surface area (Å²) in [5, 5.41) is 3.14. The maximum Gasteiger partial charge on any atom is 0.256 e. The summed E-state index contributed by atoms with van der Waals surface area (Å²) in [5.74, 6) is -0.355. The van der Waals surface area contributed by atoms with Gasteiger partial charge in [0.05, 0.1) is 12.1 Å². The number of para-hydroxylation sites is 1. The van der Waals surface area contributed by atoms with Crippen LogP contribution in [0.1, 0.15) is 17.5 Å². The number of anilines is 2. The summed E-state index contributed by atoms with van der Waals surface area (Å²) in [7, 11) is 0. The molecule has 1 saturated heterocycles. The molecule has 2 aromatic carbocycles. The topological polar surface area (TPSA) is 49.4 Å². The zero-order valence-electron chi connectivity index (χ0n) is 12.7.